The first-order chi connectivity index (χ1) is 10.7. The number of carboxylic acid groups (broad SMARTS) is 2. The molecule has 124 valence electrons. The van der Waals surface area contributed by atoms with E-state index in [0.717, 1.165) is 12.1 Å². The van der Waals surface area contributed by atoms with Crippen LogP contribution in [0.5, 0.6) is 5.75 Å². The highest BCUT2D eigenvalue weighted by Crippen LogP contribution is 2.21. The van der Waals surface area contributed by atoms with Gasteiger partial charge in [-0.15, -0.1) is 0 Å². The monoisotopic (exact) mass is 341 g/mol. The summed E-state index contributed by atoms with van der Waals surface area (Å²) in [7, 11) is 0. The maximum absolute atomic E-state index is 11.7. The molecule has 2 amide bonds. The summed E-state index contributed by atoms with van der Waals surface area (Å²) >= 11 is 4.62. The smallest absolute Gasteiger partial charge is 0.339 e. The fourth-order valence-corrected chi connectivity index (χ4v) is 1.90. The number of phenols is 1. The number of carbonyl (C=O) groups is 3. The molecule has 0 bridgehead atoms. The van der Waals surface area contributed by atoms with Crippen LogP contribution in [0.1, 0.15) is 16.8 Å². The number of rotatable bonds is 7. The van der Waals surface area contributed by atoms with Crippen LogP contribution in [0.15, 0.2) is 18.2 Å². The van der Waals surface area contributed by atoms with Crippen molar-refractivity contribution in [2.24, 2.45) is 11.7 Å². The van der Waals surface area contributed by atoms with Crippen LogP contribution in [0.25, 0.3) is 0 Å². The summed E-state index contributed by atoms with van der Waals surface area (Å²) in [5.74, 6) is -3.99. The van der Waals surface area contributed by atoms with Gasteiger partial charge in [-0.1, -0.05) is 12.2 Å². The highest BCUT2D eigenvalue weighted by atomic mass is 32.1. The standard InChI is InChI=1S/C13H15N3O6S/c14-10(23)7(11(18)19)3-4-15-13(22)16-6-1-2-9(17)8(5-6)12(20)21/h1-2,5,7,17H,3-4H2,(H2,14,23)(H,18,19)(H,20,21)(H2,15,16,22). The number of aliphatic carboxylic acids is 1. The Hall–Kier alpha value is -2.88. The lowest BCUT2D eigenvalue weighted by Gasteiger charge is -2.12. The van der Waals surface area contributed by atoms with Crippen LogP contribution < -0.4 is 16.4 Å². The van der Waals surface area contributed by atoms with Gasteiger partial charge < -0.3 is 31.7 Å². The molecule has 0 saturated heterocycles. The average molecular weight is 341 g/mol. The molecule has 0 aliphatic heterocycles. The number of benzene rings is 1. The van der Waals surface area contributed by atoms with E-state index in [1.165, 1.54) is 6.07 Å². The molecule has 0 radical (unpaired) electrons. The molecule has 0 aliphatic rings. The number of nitrogens with one attached hydrogen (secondary N) is 2. The minimum Gasteiger partial charge on any atom is -0.507 e. The van der Waals surface area contributed by atoms with Gasteiger partial charge >= 0.3 is 18.0 Å². The third-order valence-electron chi connectivity index (χ3n) is 2.84. The number of nitrogens with two attached hydrogens (primary N) is 1. The molecule has 0 aliphatic carbocycles. The number of carboxylic acids is 2. The Kier molecular flexibility index (Phi) is 6.27. The van der Waals surface area contributed by atoms with Gasteiger partial charge in [-0.25, -0.2) is 9.59 Å². The molecule has 10 heteroatoms. The molecule has 0 saturated carbocycles. The van der Waals surface area contributed by atoms with Crippen LogP contribution in [-0.2, 0) is 4.79 Å². The Morgan fingerprint density at radius 2 is 1.91 bits per heavy atom. The van der Waals surface area contributed by atoms with Gasteiger partial charge in [-0.3, -0.25) is 4.79 Å². The van der Waals surface area contributed by atoms with Gasteiger partial charge in [0.2, 0.25) is 0 Å². The molecular formula is C13H15N3O6S. The van der Waals surface area contributed by atoms with Crippen LogP contribution in [0.4, 0.5) is 10.5 Å². The predicted molar refractivity (Wildman–Crippen MR) is 84.6 cm³/mol. The maximum atomic E-state index is 11.7. The summed E-state index contributed by atoms with van der Waals surface area (Å²) < 4.78 is 0. The van der Waals surface area contributed by atoms with Gasteiger partial charge in [-0.2, -0.15) is 0 Å². The molecule has 0 spiro atoms. The summed E-state index contributed by atoms with van der Waals surface area (Å²) in [6.07, 6.45) is 0.0219. The summed E-state index contributed by atoms with van der Waals surface area (Å²) in [5, 5.41) is 31.9. The number of hydrogen-bond acceptors (Lipinski definition) is 5. The van der Waals surface area contributed by atoms with E-state index in [9.17, 15) is 19.5 Å². The van der Waals surface area contributed by atoms with Crippen LogP contribution in [-0.4, -0.2) is 44.8 Å². The van der Waals surface area contributed by atoms with Gasteiger partial charge in [0, 0.05) is 12.2 Å². The Bertz CT molecular complexity index is 635. The van der Waals surface area contributed by atoms with Gasteiger partial charge in [-0.05, 0) is 24.6 Å². The molecule has 23 heavy (non-hydrogen) atoms. The minimum absolute atomic E-state index is 0.00398. The zero-order valence-corrected chi connectivity index (χ0v) is 12.6. The number of anilines is 1. The fraction of sp³-hybridized carbons (Fsp3) is 0.231. The highest BCUT2D eigenvalue weighted by Gasteiger charge is 2.20. The van der Waals surface area contributed by atoms with E-state index in [4.69, 9.17) is 15.9 Å². The van der Waals surface area contributed by atoms with Crippen molar-refractivity contribution in [1.29, 1.82) is 0 Å². The number of carbonyl (C=O) groups excluding carboxylic acids is 1. The van der Waals surface area contributed by atoms with Crippen molar-refractivity contribution < 1.29 is 29.7 Å². The van der Waals surface area contributed by atoms with Crippen LogP contribution in [0, 0.1) is 5.92 Å². The number of aromatic carboxylic acids is 1. The molecule has 1 aromatic carbocycles. The van der Waals surface area contributed by atoms with Crippen molar-refractivity contribution in [3.8, 4) is 5.75 Å². The Labute approximate surface area is 136 Å². The van der Waals surface area contributed by atoms with Gasteiger partial charge in [0.1, 0.15) is 17.2 Å². The quantitative estimate of drug-likeness (QED) is 0.310. The minimum atomic E-state index is -1.34. The second-order valence-electron chi connectivity index (χ2n) is 4.50. The lowest BCUT2D eigenvalue weighted by Crippen LogP contribution is -2.35. The van der Waals surface area contributed by atoms with Gasteiger partial charge in [0.15, 0.2) is 0 Å². The maximum Gasteiger partial charge on any atom is 0.339 e. The number of aromatic hydroxyl groups is 1. The van der Waals surface area contributed by atoms with Crippen molar-refractivity contribution >= 4 is 40.9 Å². The summed E-state index contributed by atoms with van der Waals surface area (Å²) in [5.41, 5.74) is 5.08. The van der Waals surface area contributed by atoms with Crippen molar-refractivity contribution in [1.82, 2.24) is 5.32 Å². The van der Waals surface area contributed by atoms with Gasteiger partial charge in [0.25, 0.3) is 0 Å². The van der Waals surface area contributed by atoms with E-state index in [1.54, 1.807) is 0 Å². The molecule has 1 unspecified atom stereocenters. The lowest BCUT2D eigenvalue weighted by atomic mass is 10.1. The SMILES string of the molecule is NC(=S)C(CCNC(=O)Nc1ccc(O)c(C(=O)O)c1)C(=O)O. The second-order valence-corrected chi connectivity index (χ2v) is 4.97. The fourth-order valence-electron chi connectivity index (χ4n) is 1.68. The van der Waals surface area contributed by atoms with Crippen LogP contribution in [0.3, 0.4) is 0 Å². The molecule has 9 nitrogen and oxygen atoms in total. The van der Waals surface area contributed by atoms with E-state index in [2.05, 4.69) is 22.9 Å². The molecule has 0 fully saturated rings. The highest BCUT2D eigenvalue weighted by molar-refractivity contribution is 7.80. The van der Waals surface area contributed by atoms with Crippen LogP contribution in [0.2, 0.25) is 0 Å². The van der Waals surface area contributed by atoms with Gasteiger partial charge in [0.05, 0.1) is 4.99 Å². The Balaban J connectivity index is 2.57. The second kappa shape index (κ2) is 7.94. The van der Waals surface area contributed by atoms with E-state index < -0.39 is 29.6 Å². The first-order valence-corrected chi connectivity index (χ1v) is 6.76. The van der Waals surface area contributed by atoms with E-state index >= 15 is 0 Å². The third kappa shape index (κ3) is 5.43. The van der Waals surface area contributed by atoms with Crippen molar-refractivity contribution in [3.63, 3.8) is 0 Å². The normalized spacial score (nSPS) is 11.3. The first-order valence-electron chi connectivity index (χ1n) is 6.35. The number of amides is 2. The largest absolute Gasteiger partial charge is 0.507 e. The summed E-state index contributed by atoms with van der Waals surface area (Å²) in [6, 6.07) is 2.87. The molecule has 1 rings (SSSR count). The molecule has 0 heterocycles. The molecule has 0 aromatic heterocycles. The molecule has 1 aromatic rings. The summed E-state index contributed by atoms with van der Waals surface area (Å²) in [4.78, 5) is 33.2. The number of urea groups is 1. The zero-order valence-electron chi connectivity index (χ0n) is 11.8. The summed E-state index contributed by atoms with van der Waals surface area (Å²) in [6.45, 7) is 0.00398. The Morgan fingerprint density at radius 1 is 1.26 bits per heavy atom. The van der Waals surface area contributed by atoms with Crippen molar-refractivity contribution in [3.05, 3.63) is 23.8 Å². The number of thiocarbonyl (C=S) groups is 1. The Morgan fingerprint density at radius 3 is 2.43 bits per heavy atom. The molecule has 1 atom stereocenters. The van der Waals surface area contributed by atoms with E-state index in [-0.39, 0.29) is 29.2 Å². The third-order valence-corrected chi connectivity index (χ3v) is 3.13. The molecule has 7 N–H and O–H groups in total. The lowest BCUT2D eigenvalue weighted by molar-refractivity contribution is -0.139. The average Bonchev–Trinajstić information content (AvgIpc) is 2.44. The topological polar surface area (TPSA) is 162 Å². The van der Waals surface area contributed by atoms with E-state index in [1.807, 2.05) is 0 Å². The predicted octanol–water partition coefficient (Wildman–Crippen LogP) is 0.589. The zero-order chi connectivity index (χ0) is 17.6. The molecular weight excluding hydrogens is 326 g/mol. The van der Waals surface area contributed by atoms with Crippen LogP contribution >= 0.6 is 12.2 Å². The number of hydrogen-bond donors (Lipinski definition) is 6. The van der Waals surface area contributed by atoms with Crippen molar-refractivity contribution in [2.45, 2.75) is 6.42 Å². The van der Waals surface area contributed by atoms with Crippen molar-refractivity contribution in [2.75, 3.05) is 11.9 Å². The van der Waals surface area contributed by atoms with E-state index in [0.29, 0.717) is 0 Å². The first kappa shape index (κ1) is 18.2.